The van der Waals surface area contributed by atoms with Crippen LogP contribution >= 0.6 is 11.6 Å². The minimum absolute atomic E-state index is 0.158. The molecule has 6 heteroatoms. The third kappa shape index (κ3) is 3.42. The van der Waals surface area contributed by atoms with Crippen LogP contribution in [0.3, 0.4) is 0 Å². The van der Waals surface area contributed by atoms with E-state index in [9.17, 15) is 4.79 Å². The molecule has 0 aromatic carbocycles. The number of carbonyl (C=O) groups excluding carboxylic acids is 1. The monoisotopic (exact) mass is 276 g/mol. The first-order valence-electron chi connectivity index (χ1n) is 5.70. The Balaban J connectivity index is 2.13. The quantitative estimate of drug-likeness (QED) is 0.842. The number of nitrogens with two attached hydrogens (primary N) is 1. The maximum atomic E-state index is 12.1. The SMILES string of the molecule is CC(NC(=O)c1cc(N)nc(Cl)c1)c1cccnc1. The minimum Gasteiger partial charge on any atom is -0.384 e. The number of hydrogen-bond acceptors (Lipinski definition) is 4. The molecule has 0 aliphatic carbocycles. The molecule has 0 aliphatic heterocycles. The van der Waals surface area contributed by atoms with E-state index >= 15 is 0 Å². The highest BCUT2D eigenvalue weighted by Crippen LogP contribution is 2.15. The number of carbonyl (C=O) groups is 1. The highest BCUT2D eigenvalue weighted by atomic mass is 35.5. The van der Waals surface area contributed by atoms with Crippen molar-refractivity contribution in [2.45, 2.75) is 13.0 Å². The van der Waals surface area contributed by atoms with Gasteiger partial charge in [0, 0.05) is 18.0 Å². The Morgan fingerprint density at radius 1 is 1.47 bits per heavy atom. The van der Waals surface area contributed by atoms with Crippen LogP contribution in [-0.4, -0.2) is 15.9 Å². The number of hydrogen-bond donors (Lipinski definition) is 2. The van der Waals surface area contributed by atoms with Gasteiger partial charge in [0.25, 0.3) is 5.91 Å². The van der Waals surface area contributed by atoms with Crippen molar-refractivity contribution in [3.8, 4) is 0 Å². The maximum absolute atomic E-state index is 12.1. The van der Waals surface area contributed by atoms with Gasteiger partial charge in [-0.2, -0.15) is 0 Å². The van der Waals surface area contributed by atoms with Gasteiger partial charge in [0.1, 0.15) is 11.0 Å². The van der Waals surface area contributed by atoms with Crippen LogP contribution in [0.5, 0.6) is 0 Å². The van der Waals surface area contributed by atoms with E-state index in [-0.39, 0.29) is 22.9 Å². The zero-order chi connectivity index (χ0) is 13.8. The lowest BCUT2D eigenvalue weighted by Gasteiger charge is -2.14. The molecular weight excluding hydrogens is 264 g/mol. The molecular formula is C13H13ClN4O. The van der Waals surface area contributed by atoms with Crippen molar-refractivity contribution in [3.05, 3.63) is 52.9 Å². The second-order valence-corrected chi connectivity index (χ2v) is 4.47. The van der Waals surface area contributed by atoms with Crippen LogP contribution in [0.15, 0.2) is 36.7 Å². The van der Waals surface area contributed by atoms with E-state index in [4.69, 9.17) is 17.3 Å². The lowest BCUT2D eigenvalue weighted by Crippen LogP contribution is -2.26. The Kier molecular flexibility index (Phi) is 3.97. The van der Waals surface area contributed by atoms with E-state index in [1.165, 1.54) is 12.1 Å². The van der Waals surface area contributed by atoms with Gasteiger partial charge in [-0.25, -0.2) is 4.98 Å². The first-order valence-corrected chi connectivity index (χ1v) is 6.08. The minimum atomic E-state index is -0.257. The van der Waals surface area contributed by atoms with Crippen molar-refractivity contribution >= 4 is 23.3 Å². The second kappa shape index (κ2) is 5.67. The molecule has 5 nitrogen and oxygen atoms in total. The molecule has 1 atom stereocenters. The van der Waals surface area contributed by atoms with Crippen LogP contribution in [-0.2, 0) is 0 Å². The predicted octanol–water partition coefficient (Wildman–Crippen LogP) is 2.20. The molecule has 1 unspecified atom stereocenters. The second-order valence-electron chi connectivity index (χ2n) is 4.08. The fourth-order valence-electron chi connectivity index (χ4n) is 1.64. The Morgan fingerprint density at radius 2 is 2.26 bits per heavy atom. The summed E-state index contributed by atoms with van der Waals surface area (Å²) in [5, 5.41) is 3.04. The number of pyridine rings is 2. The third-order valence-electron chi connectivity index (χ3n) is 2.61. The Labute approximate surface area is 115 Å². The highest BCUT2D eigenvalue weighted by molar-refractivity contribution is 6.29. The van der Waals surface area contributed by atoms with Crippen LogP contribution in [0.25, 0.3) is 0 Å². The molecule has 2 rings (SSSR count). The maximum Gasteiger partial charge on any atom is 0.251 e. The standard InChI is InChI=1S/C13H13ClN4O/c1-8(9-3-2-4-16-7-9)17-13(19)10-5-11(14)18-12(15)6-10/h2-8H,1H3,(H2,15,18)(H,17,19). The van der Waals surface area contributed by atoms with Crippen molar-refractivity contribution in [3.63, 3.8) is 0 Å². The molecule has 3 N–H and O–H groups in total. The van der Waals surface area contributed by atoms with E-state index in [0.29, 0.717) is 5.56 Å². The first kappa shape index (κ1) is 13.3. The summed E-state index contributed by atoms with van der Waals surface area (Å²) in [4.78, 5) is 19.9. The average molecular weight is 277 g/mol. The summed E-state index contributed by atoms with van der Waals surface area (Å²) in [7, 11) is 0. The van der Waals surface area contributed by atoms with Crippen LogP contribution in [0.4, 0.5) is 5.82 Å². The summed E-state index contributed by atoms with van der Waals surface area (Å²) in [5.74, 6) is -0.0426. The number of nitrogens with zero attached hydrogens (tertiary/aromatic N) is 2. The summed E-state index contributed by atoms with van der Waals surface area (Å²) >= 11 is 5.77. The molecule has 2 heterocycles. The molecule has 0 bridgehead atoms. The number of rotatable bonds is 3. The predicted molar refractivity (Wildman–Crippen MR) is 73.8 cm³/mol. The summed E-state index contributed by atoms with van der Waals surface area (Å²) in [6, 6.07) is 6.51. The zero-order valence-corrected chi connectivity index (χ0v) is 11.1. The molecule has 2 aromatic rings. The Hall–Kier alpha value is -2.14. The topological polar surface area (TPSA) is 80.9 Å². The van der Waals surface area contributed by atoms with Crippen molar-refractivity contribution in [1.29, 1.82) is 0 Å². The summed E-state index contributed by atoms with van der Waals surface area (Å²) < 4.78 is 0. The van der Waals surface area contributed by atoms with Gasteiger partial charge in [-0.05, 0) is 30.7 Å². The van der Waals surface area contributed by atoms with Gasteiger partial charge in [-0.1, -0.05) is 17.7 Å². The summed E-state index contributed by atoms with van der Waals surface area (Å²) in [5.41, 5.74) is 6.86. The van der Waals surface area contributed by atoms with Crippen molar-refractivity contribution in [1.82, 2.24) is 15.3 Å². The van der Waals surface area contributed by atoms with E-state index < -0.39 is 0 Å². The molecule has 0 fully saturated rings. The van der Waals surface area contributed by atoms with Gasteiger partial charge in [-0.15, -0.1) is 0 Å². The van der Waals surface area contributed by atoms with E-state index in [1.54, 1.807) is 12.4 Å². The van der Waals surface area contributed by atoms with Gasteiger partial charge in [0.2, 0.25) is 0 Å². The highest BCUT2D eigenvalue weighted by Gasteiger charge is 2.12. The van der Waals surface area contributed by atoms with Gasteiger partial charge in [0.05, 0.1) is 6.04 Å². The van der Waals surface area contributed by atoms with Crippen LogP contribution in [0.2, 0.25) is 5.15 Å². The molecule has 0 saturated heterocycles. The normalized spacial score (nSPS) is 11.9. The summed E-state index contributed by atoms with van der Waals surface area (Å²) in [6.07, 6.45) is 3.39. The van der Waals surface area contributed by atoms with Crippen molar-refractivity contribution in [2.75, 3.05) is 5.73 Å². The largest absolute Gasteiger partial charge is 0.384 e. The first-order chi connectivity index (χ1) is 9.06. The number of nitrogen functional groups attached to an aromatic ring is 1. The summed E-state index contributed by atoms with van der Waals surface area (Å²) in [6.45, 7) is 1.88. The average Bonchev–Trinajstić information content (AvgIpc) is 2.38. The number of aromatic nitrogens is 2. The zero-order valence-electron chi connectivity index (χ0n) is 10.3. The van der Waals surface area contributed by atoms with E-state index in [2.05, 4.69) is 15.3 Å². The number of halogens is 1. The fourth-order valence-corrected chi connectivity index (χ4v) is 1.86. The molecule has 0 spiro atoms. The lowest BCUT2D eigenvalue weighted by molar-refractivity contribution is 0.0940. The van der Waals surface area contributed by atoms with Gasteiger partial charge in [0.15, 0.2) is 0 Å². The molecule has 0 radical (unpaired) electrons. The Morgan fingerprint density at radius 3 is 2.89 bits per heavy atom. The van der Waals surface area contributed by atoms with E-state index in [0.717, 1.165) is 5.56 Å². The number of nitrogens with one attached hydrogen (secondary N) is 1. The van der Waals surface area contributed by atoms with Gasteiger partial charge in [-0.3, -0.25) is 9.78 Å². The Bertz CT molecular complexity index is 568. The van der Waals surface area contributed by atoms with Crippen molar-refractivity contribution < 1.29 is 4.79 Å². The van der Waals surface area contributed by atoms with Crippen LogP contribution in [0.1, 0.15) is 28.9 Å². The van der Waals surface area contributed by atoms with Gasteiger partial charge < -0.3 is 11.1 Å². The molecule has 98 valence electrons. The fraction of sp³-hybridized carbons (Fsp3) is 0.154. The molecule has 2 aromatic heterocycles. The van der Waals surface area contributed by atoms with Crippen LogP contribution in [0, 0.1) is 0 Å². The molecule has 0 aliphatic rings. The molecule has 19 heavy (non-hydrogen) atoms. The van der Waals surface area contributed by atoms with Crippen molar-refractivity contribution in [2.24, 2.45) is 0 Å². The van der Waals surface area contributed by atoms with Crippen LogP contribution < -0.4 is 11.1 Å². The van der Waals surface area contributed by atoms with Gasteiger partial charge >= 0.3 is 0 Å². The molecule has 1 amide bonds. The van der Waals surface area contributed by atoms with E-state index in [1.807, 2.05) is 19.1 Å². The molecule has 0 saturated carbocycles. The third-order valence-corrected chi connectivity index (χ3v) is 2.80. The number of amides is 1. The smallest absolute Gasteiger partial charge is 0.251 e. The number of anilines is 1. The lowest BCUT2D eigenvalue weighted by atomic mass is 10.1.